The van der Waals surface area contributed by atoms with E-state index in [1.54, 1.807) is 0 Å². The van der Waals surface area contributed by atoms with Crippen molar-refractivity contribution < 1.29 is 10.2 Å². The van der Waals surface area contributed by atoms with Gasteiger partial charge in [0.05, 0.1) is 0 Å². The lowest BCUT2D eigenvalue weighted by Crippen LogP contribution is -1.94. The summed E-state index contributed by atoms with van der Waals surface area (Å²) in [6, 6.07) is 1.94. The van der Waals surface area contributed by atoms with Crippen LogP contribution in [0.25, 0.3) is 11.1 Å². The number of benzene rings is 2. The minimum Gasteiger partial charge on any atom is -0.507 e. The lowest BCUT2D eigenvalue weighted by molar-refractivity contribution is 0.465. The normalized spacial score (nSPS) is 11.0. The largest absolute Gasteiger partial charge is 0.507 e. The van der Waals surface area contributed by atoms with Crippen LogP contribution in [0.5, 0.6) is 11.5 Å². The van der Waals surface area contributed by atoms with Crippen molar-refractivity contribution in [3.8, 4) is 22.6 Å². The predicted molar refractivity (Wildman–Crippen MR) is 97.3 cm³/mol. The molecule has 0 saturated heterocycles. The number of hydrogen-bond donors (Lipinski definition) is 2. The van der Waals surface area contributed by atoms with Crippen LogP contribution >= 0.6 is 47.8 Å². The second-order valence-corrected chi connectivity index (χ2v) is 7.51. The highest BCUT2D eigenvalue weighted by Gasteiger charge is 2.21. The molecule has 2 nitrogen and oxygen atoms in total. The van der Waals surface area contributed by atoms with Gasteiger partial charge in [-0.3, -0.25) is 0 Å². The number of hydrogen-bond acceptors (Lipinski definition) is 2. The van der Waals surface area contributed by atoms with Crippen molar-refractivity contribution in [3.05, 3.63) is 41.7 Å². The highest BCUT2D eigenvalue weighted by Crippen LogP contribution is 2.48. The fourth-order valence-electron chi connectivity index (χ4n) is 2.33. The number of phenols is 2. The Hall–Kier alpha value is -0.520. The van der Waals surface area contributed by atoms with Crippen molar-refractivity contribution in [2.75, 3.05) is 0 Å². The maximum Gasteiger partial charge on any atom is 0.123 e. The molecule has 0 spiro atoms. The van der Waals surface area contributed by atoms with Crippen molar-refractivity contribution in [1.29, 1.82) is 0 Å². The summed E-state index contributed by atoms with van der Waals surface area (Å²) < 4.78 is 2.52. The molecule has 0 fully saturated rings. The molecule has 0 aliphatic carbocycles. The van der Waals surface area contributed by atoms with Crippen LogP contribution in [0.3, 0.4) is 0 Å². The molecule has 0 bridgehead atoms. The SMILES string of the molecule is Cc1cc(-c2c(Br)c(C)c(O)c(C)c2Br)c(Br)c(C)c1O. The van der Waals surface area contributed by atoms with E-state index in [1.165, 1.54) is 0 Å². The molecule has 0 radical (unpaired) electrons. The second-order valence-electron chi connectivity index (χ2n) is 5.13. The summed E-state index contributed by atoms with van der Waals surface area (Å²) in [5.41, 5.74) is 5.12. The Morgan fingerprint density at radius 2 is 1.14 bits per heavy atom. The van der Waals surface area contributed by atoms with E-state index < -0.39 is 0 Å². The number of rotatable bonds is 1. The molecule has 0 atom stereocenters. The molecule has 2 aromatic rings. The number of halogens is 3. The molecule has 0 aliphatic heterocycles. The third-order valence-corrected chi connectivity index (χ3v) is 6.74. The van der Waals surface area contributed by atoms with E-state index in [9.17, 15) is 10.2 Å². The maximum atomic E-state index is 10.2. The van der Waals surface area contributed by atoms with Gasteiger partial charge >= 0.3 is 0 Å². The van der Waals surface area contributed by atoms with Gasteiger partial charge in [0, 0.05) is 35.7 Å². The average molecular weight is 479 g/mol. The third-order valence-electron chi connectivity index (χ3n) is 3.73. The number of aromatic hydroxyl groups is 2. The predicted octanol–water partition coefficient (Wildman–Crippen LogP) is 6.29. The van der Waals surface area contributed by atoms with Gasteiger partial charge in [0.1, 0.15) is 11.5 Å². The van der Waals surface area contributed by atoms with E-state index in [1.807, 2.05) is 33.8 Å². The van der Waals surface area contributed by atoms with Gasteiger partial charge in [-0.05, 0) is 92.7 Å². The van der Waals surface area contributed by atoms with Crippen LogP contribution in [0.2, 0.25) is 0 Å². The van der Waals surface area contributed by atoms with Crippen molar-refractivity contribution in [2.45, 2.75) is 27.7 Å². The Balaban J connectivity index is 2.93. The molecule has 0 saturated carbocycles. The molecule has 0 unspecified atom stereocenters. The van der Waals surface area contributed by atoms with Gasteiger partial charge in [-0.1, -0.05) is 0 Å². The Labute approximate surface area is 149 Å². The summed E-state index contributed by atoms with van der Waals surface area (Å²) in [5.74, 6) is 0.575. The van der Waals surface area contributed by atoms with Gasteiger partial charge in [0.25, 0.3) is 0 Å². The van der Waals surface area contributed by atoms with Crippen LogP contribution in [0.15, 0.2) is 19.5 Å². The highest BCUT2D eigenvalue weighted by molar-refractivity contribution is 9.11. The van der Waals surface area contributed by atoms with Gasteiger partial charge in [-0.2, -0.15) is 0 Å². The Morgan fingerprint density at radius 3 is 1.62 bits per heavy atom. The van der Waals surface area contributed by atoms with E-state index in [-0.39, 0.29) is 5.75 Å². The van der Waals surface area contributed by atoms with Crippen LogP contribution in [-0.4, -0.2) is 10.2 Å². The Morgan fingerprint density at radius 1 is 0.714 bits per heavy atom. The van der Waals surface area contributed by atoms with Crippen molar-refractivity contribution in [2.24, 2.45) is 0 Å². The fraction of sp³-hybridized carbons (Fsp3) is 0.250. The Kier molecular flexibility index (Phi) is 4.76. The standard InChI is InChI=1S/C16H15Br3O2/c1-6-5-10(12(17)7(2)15(6)20)11-13(18)8(3)16(21)9(4)14(11)19/h5,20-21H,1-4H3. The van der Waals surface area contributed by atoms with Gasteiger partial charge in [0.2, 0.25) is 0 Å². The first-order chi connectivity index (χ1) is 9.68. The lowest BCUT2D eigenvalue weighted by atomic mass is 9.96. The molecule has 2 rings (SSSR count). The first-order valence-electron chi connectivity index (χ1n) is 6.34. The summed E-state index contributed by atoms with van der Waals surface area (Å²) >= 11 is 10.7. The van der Waals surface area contributed by atoms with Crippen LogP contribution in [0.1, 0.15) is 22.3 Å². The molecular weight excluding hydrogens is 464 g/mol. The summed E-state index contributed by atoms with van der Waals surface area (Å²) in [6.07, 6.45) is 0. The second kappa shape index (κ2) is 5.94. The van der Waals surface area contributed by atoms with Gasteiger partial charge < -0.3 is 10.2 Å². The van der Waals surface area contributed by atoms with Crippen LogP contribution in [-0.2, 0) is 0 Å². The lowest BCUT2D eigenvalue weighted by Gasteiger charge is -2.18. The van der Waals surface area contributed by atoms with E-state index in [0.717, 1.165) is 46.8 Å². The molecule has 0 aromatic heterocycles. The number of phenolic OH excluding ortho intramolecular Hbond substituents is 2. The van der Waals surface area contributed by atoms with Gasteiger partial charge in [-0.25, -0.2) is 0 Å². The van der Waals surface area contributed by atoms with Crippen LogP contribution in [0, 0.1) is 27.7 Å². The van der Waals surface area contributed by atoms with E-state index in [4.69, 9.17) is 0 Å². The minimum atomic E-state index is 0.279. The average Bonchev–Trinajstić information content (AvgIpc) is 2.46. The zero-order valence-electron chi connectivity index (χ0n) is 12.1. The first kappa shape index (κ1) is 16.8. The number of aryl methyl sites for hydroxylation is 1. The minimum absolute atomic E-state index is 0.279. The summed E-state index contributed by atoms with van der Waals surface area (Å²) in [5, 5.41) is 20.2. The molecule has 2 N–H and O–H groups in total. The summed E-state index contributed by atoms with van der Waals surface area (Å²) in [6.45, 7) is 7.49. The molecular formula is C16H15Br3O2. The maximum absolute atomic E-state index is 10.2. The zero-order chi connectivity index (χ0) is 16.1. The molecule has 2 aromatic carbocycles. The van der Waals surface area contributed by atoms with E-state index in [0.29, 0.717) is 5.75 Å². The molecule has 5 heteroatoms. The molecule has 0 aliphatic rings. The van der Waals surface area contributed by atoms with E-state index >= 15 is 0 Å². The van der Waals surface area contributed by atoms with Crippen molar-refractivity contribution in [1.82, 2.24) is 0 Å². The van der Waals surface area contributed by atoms with Crippen LogP contribution in [0.4, 0.5) is 0 Å². The Bertz CT molecular complexity index is 723. The van der Waals surface area contributed by atoms with Gasteiger partial charge in [-0.15, -0.1) is 0 Å². The van der Waals surface area contributed by atoms with E-state index in [2.05, 4.69) is 47.8 Å². The smallest absolute Gasteiger partial charge is 0.123 e. The topological polar surface area (TPSA) is 40.5 Å². The van der Waals surface area contributed by atoms with Gasteiger partial charge in [0.15, 0.2) is 0 Å². The molecule has 0 amide bonds. The highest BCUT2D eigenvalue weighted by atomic mass is 79.9. The third kappa shape index (κ3) is 2.64. The van der Waals surface area contributed by atoms with Crippen molar-refractivity contribution >= 4 is 47.8 Å². The zero-order valence-corrected chi connectivity index (χ0v) is 16.9. The van der Waals surface area contributed by atoms with Crippen LogP contribution < -0.4 is 0 Å². The fourth-order valence-corrected chi connectivity index (χ4v) is 4.29. The molecule has 21 heavy (non-hydrogen) atoms. The first-order valence-corrected chi connectivity index (χ1v) is 8.72. The monoisotopic (exact) mass is 476 g/mol. The molecule has 0 heterocycles. The summed E-state index contributed by atoms with van der Waals surface area (Å²) in [7, 11) is 0. The summed E-state index contributed by atoms with van der Waals surface area (Å²) in [4.78, 5) is 0. The quantitative estimate of drug-likeness (QED) is 0.506. The molecule has 112 valence electrons. The van der Waals surface area contributed by atoms with Crippen molar-refractivity contribution in [3.63, 3.8) is 0 Å².